The van der Waals surface area contributed by atoms with Crippen molar-refractivity contribution in [2.24, 2.45) is 0 Å². The Morgan fingerprint density at radius 1 is 1.04 bits per heavy atom. The molecule has 2 aromatic heterocycles. The third-order valence-electron chi connectivity index (χ3n) is 3.32. The van der Waals surface area contributed by atoms with Crippen LogP contribution in [0.5, 0.6) is 0 Å². The second-order valence-electron chi connectivity index (χ2n) is 4.90. The van der Waals surface area contributed by atoms with Gasteiger partial charge in [-0.05, 0) is 24.3 Å². The Bertz CT molecular complexity index is 829. The van der Waals surface area contributed by atoms with Gasteiger partial charge in [-0.2, -0.15) is 5.10 Å². The lowest BCUT2D eigenvalue weighted by atomic mass is 10.2. The van der Waals surface area contributed by atoms with Gasteiger partial charge in [-0.15, -0.1) is 0 Å². The van der Waals surface area contributed by atoms with Gasteiger partial charge in [0.15, 0.2) is 5.65 Å². The Balaban J connectivity index is 1.51. The van der Waals surface area contributed by atoms with E-state index in [1.165, 1.54) is 0 Å². The molecule has 3 N–H and O–H groups in total. The number of aromatic nitrogens is 3. The number of carbonyl (C=O) groups excluding carboxylic acids is 2. The minimum atomic E-state index is -0.281. The van der Waals surface area contributed by atoms with Crippen LogP contribution >= 0.6 is 0 Å². The first-order valence-corrected chi connectivity index (χ1v) is 7.12. The van der Waals surface area contributed by atoms with E-state index in [0.717, 1.165) is 11.1 Å². The molecule has 0 atom stereocenters. The van der Waals surface area contributed by atoms with Crippen LogP contribution in [-0.4, -0.2) is 33.5 Å². The summed E-state index contributed by atoms with van der Waals surface area (Å²) < 4.78 is 0. The average Bonchev–Trinajstić information content (AvgIpc) is 3.02. The quantitative estimate of drug-likeness (QED) is 0.654. The minimum Gasteiger partial charge on any atom is -0.349 e. The molecule has 116 valence electrons. The molecule has 0 saturated heterocycles. The Morgan fingerprint density at radius 2 is 1.87 bits per heavy atom. The molecule has 3 rings (SSSR count). The number of hydrogen-bond donors (Lipinski definition) is 3. The molecule has 0 unspecified atom stereocenters. The van der Waals surface area contributed by atoms with Crippen LogP contribution in [0.1, 0.15) is 16.1 Å². The van der Waals surface area contributed by atoms with Gasteiger partial charge >= 0.3 is 0 Å². The Kier molecular flexibility index (Phi) is 4.28. The number of hydrogen-bond acceptors (Lipinski definition) is 4. The number of nitrogens with one attached hydrogen (secondary N) is 3. The molecule has 23 heavy (non-hydrogen) atoms. The van der Waals surface area contributed by atoms with Crippen molar-refractivity contribution in [3.05, 3.63) is 59.9 Å². The summed E-state index contributed by atoms with van der Waals surface area (Å²) in [5.41, 5.74) is 1.90. The molecule has 0 aliphatic rings. The van der Waals surface area contributed by atoms with E-state index < -0.39 is 0 Å². The lowest BCUT2D eigenvalue weighted by Crippen LogP contribution is -2.36. The molecule has 2 amide bonds. The fraction of sp³-hybridized carbons (Fsp3) is 0.125. The zero-order chi connectivity index (χ0) is 16.1. The third-order valence-corrected chi connectivity index (χ3v) is 3.32. The lowest BCUT2D eigenvalue weighted by molar-refractivity contribution is -0.120. The van der Waals surface area contributed by atoms with Crippen molar-refractivity contribution in [2.75, 3.05) is 6.54 Å². The molecular weight excluding hydrogens is 294 g/mol. The monoisotopic (exact) mass is 309 g/mol. The predicted octanol–water partition coefficient (Wildman–Crippen LogP) is 1.00. The predicted molar refractivity (Wildman–Crippen MR) is 84.5 cm³/mol. The van der Waals surface area contributed by atoms with Crippen molar-refractivity contribution in [2.45, 2.75) is 6.54 Å². The number of fused-ring (bicyclic) bond motifs is 1. The van der Waals surface area contributed by atoms with Gasteiger partial charge in [0.05, 0.1) is 18.8 Å². The van der Waals surface area contributed by atoms with Crippen molar-refractivity contribution >= 4 is 22.8 Å². The largest absolute Gasteiger partial charge is 0.349 e. The Hall–Kier alpha value is -3.22. The minimum absolute atomic E-state index is 0.0853. The highest BCUT2D eigenvalue weighted by Crippen LogP contribution is 2.11. The molecular formula is C16H15N5O2. The van der Waals surface area contributed by atoms with E-state index in [0.29, 0.717) is 17.8 Å². The van der Waals surface area contributed by atoms with E-state index in [1.807, 2.05) is 18.2 Å². The summed E-state index contributed by atoms with van der Waals surface area (Å²) in [5, 5.41) is 13.1. The van der Waals surface area contributed by atoms with Crippen LogP contribution in [0.2, 0.25) is 0 Å². The first-order valence-electron chi connectivity index (χ1n) is 7.12. The topological polar surface area (TPSA) is 99.8 Å². The summed E-state index contributed by atoms with van der Waals surface area (Å²) >= 11 is 0. The molecule has 1 aromatic carbocycles. The van der Waals surface area contributed by atoms with E-state index in [9.17, 15) is 9.59 Å². The fourth-order valence-corrected chi connectivity index (χ4v) is 2.14. The maximum atomic E-state index is 11.8. The molecule has 0 spiro atoms. The molecule has 2 heterocycles. The molecule has 7 heteroatoms. The van der Waals surface area contributed by atoms with Gasteiger partial charge in [-0.1, -0.05) is 18.2 Å². The number of nitrogens with zero attached hydrogens (tertiary/aromatic N) is 2. The Labute approximate surface area is 132 Å². The molecule has 0 aliphatic heterocycles. The number of amides is 2. The fourth-order valence-electron chi connectivity index (χ4n) is 2.14. The number of carbonyl (C=O) groups is 2. The zero-order valence-corrected chi connectivity index (χ0v) is 12.2. The molecule has 0 radical (unpaired) electrons. The average molecular weight is 309 g/mol. The second-order valence-corrected chi connectivity index (χ2v) is 4.90. The van der Waals surface area contributed by atoms with Gasteiger partial charge in [0, 0.05) is 17.1 Å². The molecule has 0 saturated carbocycles. The summed E-state index contributed by atoms with van der Waals surface area (Å²) in [6, 6.07) is 12.4. The lowest BCUT2D eigenvalue weighted by Gasteiger charge is -2.06. The number of benzene rings is 1. The summed E-state index contributed by atoms with van der Waals surface area (Å²) in [6.45, 7) is 0.209. The van der Waals surface area contributed by atoms with Gasteiger partial charge in [0.2, 0.25) is 5.91 Å². The van der Waals surface area contributed by atoms with Crippen molar-refractivity contribution < 1.29 is 9.59 Å². The molecule has 3 aromatic rings. The van der Waals surface area contributed by atoms with Gasteiger partial charge in [-0.3, -0.25) is 14.7 Å². The SMILES string of the molecule is O=C(CNC(=O)c1ccccc1)NCc1[nH]nc2ncccc12. The van der Waals surface area contributed by atoms with Crippen molar-refractivity contribution in [1.29, 1.82) is 0 Å². The van der Waals surface area contributed by atoms with E-state index >= 15 is 0 Å². The maximum Gasteiger partial charge on any atom is 0.251 e. The van der Waals surface area contributed by atoms with Crippen LogP contribution in [-0.2, 0) is 11.3 Å². The van der Waals surface area contributed by atoms with Gasteiger partial charge in [-0.25, -0.2) is 4.98 Å². The summed E-state index contributed by atoms with van der Waals surface area (Å²) in [6.07, 6.45) is 1.66. The Morgan fingerprint density at radius 3 is 2.70 bits per heavy atom. The van der Waals surface area contributed by atoms with Crippen molar-refractivity contribution in [1.82, 2.24) is 25.8 Å². The first kappa shape index (κ1) is 14.7. The maximum absolute atomic E-state index is 11.8. The number of aromatic amines is 1. The number of pyridine rings is 1. The third kappa shape index (κ3) is 3.52. The van der Waals surface area contributed by atoms with Crippen molar-refractivity contribution in [3.63, 3.8) is 0 Å². The smallest absolute Gasteiger partial charge is 0.251 e. The zero-order valence-electron chi connectivity index (χ0n) is 12.2. The molecule has 0 bridgehead atoms. The second kappa shape index (κ2) is 6.69. The molecule has 0 aliphatic carbocycles. The standard InChI is InChI=1S/C16H15N5O2/c22-14(10-19-16(23)11-5-2-1-3-6-11)18-9-13-12-7-4-8-17-15(12)21-20-13/h1-8H,9-10H2,(H,18,22)(H,19,23)(H,17,20,21). The van der Waals surface area contributed by atoms with Crippen LogP contribution in [0.4, 0.5) is 0 Å². The van der Waals surface area contributed by atoms with Crippen LogP contribution < -0.4 is 10.6 Å². The van der Waals surface area contributed by atoms with Crippen molar-refractivity contribution in [3.8, 4) is 0 Å². The highest BCUT2D eigenvalue weighted by molar-refractivity contribution is 5.96. The van der Waals surface area contributed by atoms with Crippen LogP contribution in [0, 0.1) is 0 Å². The highest BCUT2D eigenvalue weighted by atomic mass is 16.2. The molecule has 0 fully saturated rings. The van der Waals surface area contributed by atoms with Crippen LogP contribution in [0.3, 0.4) is 0 Å². The van der Waals surface area contributed by atoms with Crippen LogP contribution in [0.15, 0.2) is 48.7 Å². The van der Waals surface area contributed by atoms with E-state index in [-0.39, 0.29) is 18.4 Å². The highest BCUT2D eigenvalue weighted by Gasteiger charge is 2.09. The number of rotatable bonds is 5. The van der Waals surface area contributed by atoms with Gasteiger partial charge < -0.3 is 10.6 Å². The summed E-state index contributed by atoms with van der Waals surface area (Å²) in [5.74, 6) is -0.558. The van der Waals surface area contributed by atoms with E-state index in [2.05, 4.69) is 25.8 Å². The van der Waals surface area contributed by atoms with Gasteiger partial charge in [0.25, 0.3) is 5.91 Å². The first-order chi connectivity index (χ1) is 11.2. The van der Waals surface area contributed by atoms with Crippen LogP contribution in [0.25, 0.3) is 11.0 Å². The van der Waals surface area contributed by atoms with E-state index in [4.69, 9.17) is 0 Å². The summed E-state index contributed by atoms with van der Waals surface area (Å²) in [7, 11) is 0. The van der Waals surface area contributed by atoms with E-state index in [1.54, 1.807) is 30.5 Å². The number of H-pyrrole nitrogens is 1. The summed E-state index contributed by atoms with van der Waals surface area (Å²) in [4.78, 5) is 27.8. The normalized spacial score (nSPS) is 10.4. The molecule has 7 nitrogen and oxygen atoms in total. The van der Waals surface area contributed by atoms with Gasteiger partial charge in [0.1, 0.15) is 0 Å².